The first-order valence-electron chi connectivity index (χ1n) is 7.50. The van der Waals surface area contributed by atoms with E-state index < -0.39 is 29.7 Å². The first-order chi connectivity index (χ1) is 11.6. The highest BCUT2D eigenvalue weighted by molar-refractivity contribution is 6.25. The number of hydrogen-bond acceptors (Lipinski definition) is 5. The van der Waals surface area contributed by atoms with Gasteiger partial charge < -0.3 is 0 Å². The predicted molar refractivity (Wildman–Crippen MR) is 83.3 cm³/mol. The molecule has 0 aromatic heterocycles. The molecule has 24 heavy (non-hydrogen) atoms. The van der Waals surface area contributed by atoms with Gasteiger partial charge in [0.1, 0.15) is 5.82 Å². The summed E-state index contributed by atoms with van der Waals surface area (Å²) in [5.74, 6) is -1.25. The zero-order chi connectivity index (χ0) is 16.7. The summed E-state index contributed by atoms with van der Waals surface area (Å²) in [6.45, 7) is 0.391. The van der Waals surface area contributed by atoms with Gasteiger partial charge in [-0.3, -0.25) is 14.6 Å². The molecule has 0 N–H and O–H groups in total. The number of amides is 2. The number of fused-ring (bicyclic) bond motifs is 1. The van der Waals surface area contributed by atoms with Gasteiger partial charge in [-0.2, -0.15) is 5.11 Å². The van der Waals surface area contributed by atoms with Gasteiger partial charge in [0, 0.05) is 0 Å². The largest absolute Gasteiger partial charge is 0.271 e. The lowest BCUT2D eigenvalue weighted by atomic mass is 10.1. The van der Waals surface area contributed by atoms with Crippen molar-refractivity contribution < 1.29 is 14.0 Å². The van der Waals surface area contributed by atoms with Crippen LogP contribution >= 0.6 is 0 Å². The lowest BCUT2D eigenvalue weighted by Gasteiger charge is -2.20. The standard InChI is InChI=1S/C17H13FN4O2/c18-12-6-8-13(9-7-12)22-16(23)14-15(17(22)24)21(20-19-14)10-11-4-2-1-3-5-11/h1-9,14-15H,10H2. The minimum atomic E-state index is -0.841. The summed E-state index contributed by atoms with van der Waals surface area (Å²) in [4.78, 5) is 26.3. The van der Waals surface area contributed by atoms with Crippen molar-refractivity contribution in [1.29, 1.82) is 0 Å². The van der Waals surface area contributed by atoms with Gasteiger partial charge in [-0.25, -0.2) is 9.29 Å². The summed E-state index contributed by atoms with van der Waals surface area (Å²) in [7, 11) is 0. The van der Waals surface area contributed by atoms with E-state index in [0.717, 1.165) is 10.5 Å². The second-order valence-electron chi connectivity index (χ2n) is 5.67. The zero-order valence-electron chi connectivity index (χ0n) is 12.5. The van der Waals surface area contributed by atoms with Gasteiger partial charge >= 0.3 is 0 Å². The van der Waals surface area contributed by atoms with E-state index in [1.807, 2.05) is 30.3 Å². The number of anilines is 1. The van der Waals surface area contributed by atoms with Crippen LogP contribution in [0.2, 0.25) is 0 Å². The first-order valence-corrected chi connectivity index (χ1v) is 7.50. The van der Waals surface area contributed by atoms with Gasteiger partial charge in [0.25, 0.3) is 11.8 Å². The van der Waals surface area contributed by atoms with Crippen LogP contribution in [0.4, 0.5) is 10.1 Å². The molecule has 0 saturated carbocycles. The number of carbonyl (C=O) groups excluding carboxylic acids is 2. The maximum absolute atomic E-state index is 13.1. The van der Waals surface area contributed by atoms with Crippen LogP contribution in [0.25, 0.3) is 0 Å². The minimum absolute atomic E-state index is 0.343. The maximum atomic E-state index is 13.1. The second kappa shape index (κ2) is 5.52. The van der Waals surface area contributed by atoms with Crippen molar-refractivity contribution in [1.82, 2.24) is 5.01 Å². The molecule has 1 fully saturated rings. The van der Waals surface area contributed by atoms with Crippen LogP contribution < -0.4 is 4.90 Å². The van der Waals surface area contributed by atoms with Crippen LogP contribution in [0.3, 0.4) is 0 Å². The van der Waals surface area contributed by atoms with Crippen LogP contribution in [0.15, 0.2) is 64.9 Å². The molecule has 120 valence electrons. The minimum Gasteiger partial charge on any atom is -0.271 e. The van der Waals surface area contributed by atoms with Crippen molar-refractivity contribution >= 4 is 17.5 Å². The quantitative estimate of drug-likeness (QED) is 0.814. The third-order valence-corrected chi connectivity index (χ3v) is 4.13. The fourth-order valence-electron chi connectivity index (χ4n) is 2.97. The molecule has 0 aliphatic carbocycles. The highest BCUT2D eigenvalue weighted by Gasteiger charge is 2.54. The number of hydrogen-bond donors (Lipinski definition) is 0. The van der Waals surface area contributed by atoms with Crippen molar-refractivity contribution in [3.05, 3.63) is 66.0 Å². The van der Waals surface area contributed by atoms with Gasteiger partial charge in [-0.05, 0) is 29.8 Å². The summed E-state index contributed by atoms with van der Waals surface area (Å²) in [6.07, 6.45) is 0. The van der Waals surface area contributed by atoms with Gasteiger partial charge in [0.15, 0.2) is 12.1 Å². The second-order valence-corrected chi connectivity index (χ2v) is 5.67. The summed E-state index contributed by atoms with van der Waals surface area (Å²) >= 11 is 0. The molecule has 1 saturated heterocycles. The van der Waals surface area contributed by atoms with Crippen LogP contribution in [0.5, 0.6) is 0 Å². The molecule has 7 heteroatoms. The first kappa shape index (κ1) is 14.5. The Balaban J connectivity index is 1.61. The van der Waals surface area contributed by atoms with E-state index in [9.17, 15) is 14.0 Å². The Morgan fingerprint density at radius 2 is 1.67 bits per heavy atom. The smallest absolute Gasteiger partial charge is 0.263 e. The third-order valence-electron chi connectivity index (χ3n) is 4.13. The lowest BCUT2D eigenvalue weighted by molar-refractivity contribution is -0.123. The molecule has 2 amide bonds. The Hall–Kier alpha value is -3.09. The van der Waals surface area contributed by atoms with E-state index in [1.165, 1.54) is 29.3 Å². The Morgan fingerprint density at radius 3 is 2.38 bits per heavy atom. The highest BCUT2D eigenvalue weighted by atomic mass is 19.1. The summed E-state index contributed by atoms with van der Waals surface area (Å²) in [5, 5.41) is 9.48. The molecule has 2 atom stereocenters. The van der Waals surface area contributed by atoms with Crippen LogP contribution in [0.1, 0.15) is 5.56 Å². The van der Waals surface area contributed by atoms with Crippen LogP contribution in [-0.2, 0) is 16.1 Å². The van der Waals surface area contributed by atoms with E-state index in [2.05, 4.69) is 10.3 Å². The summed E-state index contributed by atoms with van der Waals surface area (Å²) in [5.41, 5.74) is 1.31. The van der Waals surface area contributed by atoms with Crippen LogP contribution in [0, 0.1) is 5.82 Å². The summed E-state index contributed by atoms with van der Waals surface area (Å²) in [6, 6.07) is 13.2. The van der Waals surface area contributed by atoms with Crippen molar-refractivity contribution in [3.8, 4) is 0 Å². The van der Waals surface area contributed by atoms with E-state index >= 15 is 0 Å². The van der Waals surface area contributed by atoms with Gasteiger partial charge in [-0.1, -0.05) is 35.6 Å². The fourth-order valence-corrected chi connectivity index (χ4v) is 2.97. The average Bonchev–Trinajstić information content (AvgIpc) is 3.11. The molecule has 4 rings (SSSR count). The molecule has 2 unspecified atom stereocenters. The van der Waals surface area contributed by atoms with Gasteiger partial charge in [-0.15, -0.1) is 0 Å². The molecule has 2 aliphatic heterocycles. The number of nitrogens with zero attached hydrogens (tertiary/aromatic N) is 4. The monoisotopic (exact) mass is 324 g/mol. The van der Waals surface area contributed by atoms with Gasteiger partial charge in [0.05, 0.1) is 12.2 Å². The summed E-state index contributed by atoms with van der Waals surface area (Å²) < 4.78 is 13.1. The van der Waals surface area contributed by atoms with E-state index in [4.69, 9.17) is 0 Å². The number of carbonyl (C=O) groups is 2. The Morgan fingerprint density at radius 1 is 0.958 bits per heavy atom. The Bertz CT molecular complexity index is 822. The molecular weight excluding hydrogens is 311 g/mol. The highest BCUT2D eigenvalue weighted by Crippen LogP contribution is 2.32. The van der Waals surface area contributed by atoms with E-state index in [1.54, 1.807) is 0 Å². The topological polar surface area (TPSA) is 65.3 Å². The molecule has 2 aromatic carbocycles. The third kappa shape index (κ3) is 2.25. The number of benzene rings is 2. The molecule has 0 radical (unpaired) electrons. The number of rotatable bonds is 3. The molecule has 2 aliphatic rings. The van der Waals surface area contributed by atoms with E-state index in [-0.39, 0.29) is 0 Å². The maximum Gasteiger partial charge on any atom is 0.263 e. The van der Waals surface area contributed by atoms with Crippen molar-refractivity contribution in [2.75, 3.05) is 4.90 Å². The van der Waals surface area contributed by atoms with Crippen molar-refractivity contribution in [3.63, 3.8) is 0 Å². The Kier molecular flexibility index (Phi) is 3.34. The SMILES string of the molecule is O=C1C2N=NN(Cc3ccccc3)C2C(=O)N1c1ccc(F)cc1. The number of imide groups is 1. The van der Waals surface area contributed by atoms with Crippen molar-refractivity contribution in [2.24, 2.45) is 10.3 Å². The van der Waals surface area contributed by atoms with Gasteiger partial charge in [0.2, 0.25) is 0 Å². The zero-order valence-corrected chi connectivity index (χ0v) is 12.5. The molecule has 6 nitrogen and oxygen atoms in total. The predicted octanol–water partition coefficient (Wildman–Crippen LogP) is 2.32. The van der Waals surface area contributed by atoms with E-state index in [0.29, 0.717) is 12.2 Å². The molecule has 0 spiro atoms. The lowest BCUT2D eigenvalue weighted by Crippen LogP contribution is -2.39. The molecule has 2 heterocycles. The molecular formula is C17H13FN4O2. The van der Waals surface area contributed by atoms with Crippen molar-refractivity contribution in [2.45, 2.75) is 18.6 Å². The average molecular weight is 324 g/mol. The molecule has 0 bridgehead atoms. The Labute approximate surface area is 137 Å². The number of halogens is 1. The molecule has 2 aromatic rings. The fraction of sp³-hybridized carbons (Fsp3) is 0.176. The normalized spacial score (nSPS) is 22.4. The van der Waals surface area contributed by atoms with Crippen LogP contribution in [-0.4, -0.2) is 28.9 Å².